The number of hydrogen-bond acceptors (Lipinski definition) is 4. The third-order valence-corrected chi connectivity index (χ3v) is 2.98. The van der Waals surface area contributed by atoms with Crippen LogP contribution in [0.4, 0.5) is 14.5 Å². The molecule has 1 unspecified atom stereocenters. The third-order valence-electron chi connectivity index (χ3n) is 2.67. The zero-order chi connectivity index (χ0) is 15.0. The molecule has 1 aromatic carbocycles. The van der Waals surface area contributed by atoms with E-state index < -0.39 is 41.0 Å². The minimum absolute atomic E-state index is 0.122. The second-order valence-electron chi connectivity index (χ2n) is 3.84. The van der Waals surface area contributed by atoms with Gasteiger partial charge in [-0.1, -0.05) is 11.6 Å². The second kappa shape index (κ2) is 5.16. The normalized spacial score (nSPS) is 15.3. The molecule has 1 aliphatic heterocycles. The lowest BCUT2D eigenvalue weighted by Crippen LogP contribution is -2.42. The molecular formula is C12H8ClF2NO4. The van der Waals surface area contributed by atoms with Crippen LogP contribution in [0.3, 0.4) is 0 Å². The van der Waals surface area contributed by atoms with Crippen LogP contribution in [-0.2, 0) is 14.3 Å². The van der Waals surface area contributed by atoms with Crippen LogP contribution in [0, 0.1) is 5.82 Å². The van der Waals surface area contributed by atoms with E-state index >= 15 is 0 Å². The highest BCUT2D eigenvalue weighted by Crippen LogP contribution is 2.38. The molecule has 0 fully saturated rings. The molecule has 5 nitrogen and oxygen atoms in total. The van der Waals surface area contributed by atoms with Gasteiger partial charge in [0.25, 0.3) is 12.1 Å². The minimum atomic E-state index is -2.61. The van der Waals surface area contributed by atoms with Crippen molar-refractivity contribution in [2.75, 3.05) is 11.5 Å². The molecule has 1 heterocycles. The summed E-state index contributed by atoms with van der Waals surface area (Å²) in [7, 11) is 0. The van der Waals surface area contributed by atoms with Crippen molar-refractivity contribution >= 4 is 34.9 Å². The van der Waals surface area contributed by atoms with Gasteiger partial charge in [0.15, 0.2) is 0 Å². The number of benzene rings is 1. The van der Waals surface area contributed by atoms with Crippen molar-refractivity contribution in [3.8, 4) is 0 Å². The summed E-state index contributed by atoms with van der Waals surface area (Å²) in [5.74, 6) is -4.96. The molecular weight excluding hydrogens is 296 g/mol. The van der Waals surface area contributed by atoms with E-state index in [-0.39, 0.29) is 16.5 Å². The maximum absolute atomic E-state index is 14.0. The Morgan fingerprint density at radius 2 is 2.10 bits per heavy atom. The van der Waals surface area contributed by atoms with E-state index in [0.29, 0.717) is 0 Å². The number of nitrogens with zero attached hydrogens (tertiary/aromatic N) is 1. The van der Waals surface area contributed by atoms with E-state index in [4.69, 9.17) is 11.6 Å². The van der Waals surface area contributed by atoms with E-state index in [1.54, 1.807) is 0 Å². The molecule has 0 saturated heterocycles. The Morgan fingerprint density at radius 1 is 1.45 bits per heavy atom. The van der Waals surface area contributed by atoms with Gasteiger partial charge < -0.3 is 4.74 Å². The summed E-state index contributed by atoms with van der Waals surface area (Å²) in [6, 6.07) is 1.94. The van der Waals surface area contributed by atoms with Crippen LogP contribution in [0.5, 0.6) is 0 Å². The molecule has 0 radical (unpaired) electrons. The van der Waals surface area contributed by atoms with Gasteiger partial charge in [-0.3, -0.25) is 14.5 Å². The Morgan fingerprint density at radius 3 is 2.70 bits per heavy atom. The topological polar surface area (TPSA) is 63.7 Å². The first-order valence-electron chi connectivity index (χ1n) is 5.56. The smallest absolute Gasteiger partial charge is 0.362 e. The second-order valence-corrected chi connectivity index (χ2v) is 4.25. The number of Topliss-reactive ketones (excluding diaryl/α,β-unsaturated/α-hetero) is 1. The molecule has 20 heavy (non-hydrogen) atoms. The lowest BCUT2D eigenvalue weighted by atomic mass is 10.1. The molecule has 106 valence electrons. The minimum Gasteiger partial charge on any atom is -0.462 e. The van der Waals surface area contributed by atoms with Gasteiger partial charge >= 0.3 is 11.9 Å². The SMILES string of the molecule is CCOC(=O)C(F)N1C(=O)C(=O)c2c(Cl)ccc(F)c21. The quantitative estimate of drug-likeness (QED) is 0.486. The maximum Gasteiger partial charge on any atom is 0.362 e. The summed E-state index contributed by atoms with van der Waals surface area (Å²) >= 11 is 5.71. The van der Waals surface area contributed by atoms with Crippen molar-refractivity contribution < 1.29 is 27.9 Å². The van der Waals surface area contributed by atoms with Crippen LogP contribution in [0.2, 0.25) is 5.02 Å². The van der Waals surface area contributed by atoms with Crippen molar-refractivity contribution in [3.63, 3.8) is 0 Å². The van der Waals surface area contributed by atoms with Crippen LogP contribution in [-0.4, -0.2) is 30.6 Å². The zero-order valence-electron chi connectivity index (χ0n) is 10.2. The van der Waals surface area contributed by atoms with E-state index in [2.05, 4.69) is 4.74 Å². The van der Waals surface area contributed by atoms with Crippen LogP contribution in [0.25, 0.3) is 0 Å². The van der Waals surface area contributed by atoms with E-state index in [1.807, 2.05) is 0 Å². The molecule has 0 saturated carbocycles. The fourth-order valence-electron chi connectivity index (χ4n) is 1.84. The van der Waals surface area contributed by atoms with Crippen LogP contribution >= 0.6 is 11.6 Å². The molecule has 8 heteroatoms. The van der Waals surface area contributed by atoms with Crippen LogP contribution in [0.1, 0.15) is 17.3 Å². The summed E-state index contributed by atoms with van der Waals surface area (Å²) in [6.45, 7) is 1.31. The van der Waals surface area contributed by atoms with Crippen LogP contribution < -0.4 is 4.90 Å². The molecule has 0 aromatic heterocycles. The number of rotatable bonds is 3. The van der Waals surface area contributed by atoms with E-state index in [9.17, 15) is 23.2 Å². The zero-order valence-corrected chi connectivity index (χ0v) is 10.9. The van der Waals surface area contributed by atoms with Gasteiger partial charge in [0.1, 0.15) is 5.82 Å². The monoisotopic (exact) mass is 303 g/mol. The van der Waals surface area contributed by atoms with Crippen LogP contribution in [0.15, 0.2) is 12.1 Å². The Labute approximate surface area is 117 Å². The maximum atomic E-state index is 14.0. The van der Waals surface area contributed by atoms with Gasteiger partial charge in [0.05, 0.1) is 22.9 Å². The first-order valence-corrected chi connectivity index (χ1v) is 5.94. The number of ketones is 1. The number of ether oxygens (including phenoxy) is 1. The van der Waals surface area contributed by atoms with Gasteiger partial charge in [-0.2, -0.15) is 0 Å². The van der Waals surface area contributed by atoms with Gasteiger partial charge in [0, 0.05) is 0 Å². The molecule has 1 amide bonds. The first kappa shape index (κ1) is 14.4. The summed E-state index contributed by atoms with van der Waals surface area (Å²) in [5, 5.41) is -0.196. The van der Waals surface area contributed by atoms with E-state index in [0.717, 1.165) is 12.1 Å². The Kier molecular flexibility index (Phi) is 3.71. The lowest BCUT2D eigenvalue weighted by molar-refractivity contribution is -0.150. The molecule has 1 aromatic rings. The predicted molar refractivity (Wildman–Crippen MR) is 64.8 cm³/mol. The molecule has 0 spiro atoms. The van der Waals surface area contributed by atoms with Crippen molar-refractivity contribution in [3.05, 3.63) is 28.5 Å². The fraction of sp³-hybridized carbons (Fsp3) is 0.250. The number of anilines is 1. The standard InChI is InChI=1S/C12H8ClF2NO4/c1-2-20-12(19)10(15)16-8-6(14)4-3-5(13)7(8)9(17)11(16)18/h3-4,10H,2H2,1H3. The molecule has 0 aliphatic carbocycles. The van der Waals surface area contributed by atoms with Crippen molar-refractivity contribution in [2.24, 2.45) is 0 Å². The number of carbonyl (C=O) groups excluding carboxylic acids is 3. The fourth-order valence-corrected chi connectivity index (χ4v) is 2.08. The Hall–Kier alpha value is -2.02. The molecule has 0 N–H and O–H groups in total. The average molecular weight is 304 g/mol. The number of esters is 1. The third kappa shape index (κ3) is 2.03. The van der Waals surface area contributed by atoms with Gasteiger partial charge in [-0.05, 0) is 19.1 Å². The summed E-state index contributed by atoms with van der Waals surface area (Å²) in [6.07, 6.45) is -2.61. The van der Waals surface area contributed by atoms with Gasteiger partial charge in [-0.25, -0.2) is 13.6 Å². The molecule has 2 rings (SSSR count). The number of fused-ring (bicyclic) bond motifs is 1. The van der Waals surface area contributed by atoms with Gasteiger partial charge in [-0.15, -0.1) is 0 Å². The highest BCUT2D eigenvalue weighted by Gasteiger charge is 2.46. The highest BCUT2D eigenvalue weighted by atomic mass is 35.5. The Balaban J connectivity index is 2.53. The summed E-state index contributed by atoms with van der Waals surface area (Å²) in [5.41, 5.74) is -1.10. The summed E-state index contributed by atoms with van der Waals surface area (Å²) in [4.78, 5) is 34.9. The highest BCUT2D eigenvalue weighted by molar-refractivity contribution is 6.55. The number of alkyl halides is 1. The number of amides is 1. The number of hydrogen-bond donors (Lipinski definition) is 0. The molecule has 0 bridgehead atoms. The summed E-state index contributed by atoms with van der Waals surface area (Å²) < 4.78 is 32.1. The van der Waals surface area contributed by atoms with Crippen molar-refractivity contribution in [1.29, 1.82) is 0 Å². The molecule has 1 atom stereocenters. The van der Waals surface area contributed by atoms with E-state index in [1.165, 1.54) is 6.92 Å². The lowest BCUT2D eigenvalue weighted by Gasteiger charge is -2.20. The largest absolute Gasteiger partial charge is 0.462 e. The van der Waals surface area contributed by atoms with Crippen molar-refractivity contribution in [1.82, 2.24) is 0 Å². The van der Waals surface area contributed by atoms with Gasteiger partial charge in [0.2, 0.25) is 0 Å². The average Bonchev–Trinajstić information content (AvgIpc) is 2.68. The number of halogens is 3. The van der Waals surface area contributed by atoms with Crippen molar-refractivity contribution in [2.45, 2.75) is 13.2 Å². The number of carbonyl (C=O) groups is 3. The Bertz CT molecular complexity index is 620. The first-order chi connectivity index (χ1) is 9.40. The molecule has 1 aliphatic rings. The predicted octanol–water partition coefficient (Wildman–Crippen LogP) is 1.87.